The van der Waals surface area contributed by atoms with E-state index in [4.69, 9.17) is 11.6 Å². The molecule has 29 heavy (non-hydrogen) atoms. The number of aryl methyl sites for hydroxylation is 2. The number of rotatable bonds is 7. The number of sulfone groups is 1. The lowest BCUT2D eigenvalue weighted by Gasteiger charge is -2.19. The van der Waals surface area contributed by atoms with E-state index >= 15 is 0 Å². The SMILES string of the molecule is Cc1ccc(S(=O)(=O)CCC(=O)N[C@H](c2ccc(Cl)cc2)c2nccn2C)cc1. The van der Waals surface area contributed by atoms with Gasteiger partial charge in [0, 0.05) is 30.9 Å². The van der Waals surface area contributed by atoms with Crippen LogP contribution in [0.5, 0.6) is 0 Å². The topological polar surface area (TPSA) is 81.1 Å². The first-order chi connectivity index (χ1) is 13.8. The summed E-state index contributed by atoms with van der Waals surface area (Å²) in [6.45, 7) is 1.89. The summed E-state index contributed by atoms with van der Waals surface area (Å²) in [6, 6.07) is 13.2. The molecule has 0 fully saturated rings. The van der Waals surface area contributed by atoms with Gasteiger partial charge in [-0.15, -0.1) is 0 Å². The molecule has 0 aliphatic heterocycles. The Kier molecular flexibility index (Phi) is 6.39. The van der Waals surface area contributed by atoms with Gasteiger partial charge in [0.15, 0.2) is 9.84 Å². The summed E-state index contributed by atoms with van der Waals surface area (Å²) in [7, 11) is -1.71. The Hall–Kier alpha value is -2.64. The van der Waals surface area contributed by atoms with Gasteiger partial charge in [0.1, 0.15) is 11.9 Å². The van der Waals surface area contributed by atoms with Gasteiger partial charge in [0.25, 0.3) is 0 Å². The standard InChI is InChI=1S/C21H22ClN3O3S/c1-15-3-9-18(10-4-15)29(27,28)14-11-19(26)24-20(21-23-12-13-25(21)2)16-5-7-17(22)8-6-16/h3-10,12-13,20H,11,14H2,1-2H3,(H,24,26)/t20-/m1/s1. The summed E-state index contributed by atoms with van der Waals surface area (Å²) in [5.41, 5.74) is 1.78. The number of imidazole rings is 1. The van der Waals surface area contributed by atoms with E-state index < -0.39 is 15.9 Å². The molecule has 8 heteroatoms. The minimum atomic E-state index is -3.54. The van der Waals surface area contributed by atoms with Crippen molar-refractivity contribution in [2.45, 2.75) is 24.3 Å². The van der Waals surface area contributed by atoms with Crippen LogP contribution in [0.25, 0.3) is 0 Å². The Morgan fingerprint density at radius 1 is 1.14 bits per heavy atom. The summed E-state index contributed by atoms with van der Waals surface area (Å²) in [4.78, 5) is 17.1. The van der Waals surface area contributed by atoms with E-state index in [1.807, 2.05) is 30.7 Å². The Morgan fingerprint density at radius 2 is 1.79 bits per heavy atom. The van der Waals surface area contributed by atoms with Crippen LogP contribution in [-0.2, 0) is 21.7 Å². The number of amides is 1. The lowest BCUT2D eigenvalue weighted by molar-refractivity contribution is -0.121. The van der Waals surface area contributed by atoms with E-state index in [1.165, 1.54) is 0 Å². The number of nitrogens with one attached hydrogen (secondary N) is 1. The predicted molar refractivity (Wildman–Crippen MR) is 112 cm³/mol. The largest absolute Gasteiger partial charge is 0.342 e. The smallest absolute Gasteiger partial charge is 0.221 e. The highest BCUT2D eigenvalue weighted by atomic mass is 35.5. The molecule has 0 unspecified atom stereocenters. The lowest BCUT2D eigenvalue weighted by Crippen LogP contribution is -2.32. The maximum atomic E-state index is 12.6. The van der Waals surface area contributed by atoms with Crippen LogP contribution in [0.2, 0.25) is 5.02 Å². The lowest BCUT2D eigenvalue weighted by atomic mass is 10.1. The maximum absolute atomic E-state index is 12.6. The zero-order chi connectivity index (χ0) is 21.0. The third-order valence-corrected chi connectivity index (χ3v) is 6.59. The van der Waals surface area contributed by atoms with Gasteiger partial charge in [-0.3, -0.25) is 4.79 Å². The van der Waals surface area contributed by atoms with Crippen molar-refractivity contribution in [1.29, 1.82) is 0 Å². The normalized spacial score (nSPS) is 12.5. The molecule has 0 aliphatic rings. The molecule has 0 saturated carbocycles. The van der Waals surface area contributed by atoms with Gasteiger partial charge >= 0.3 is 0 Å². The minimum absolute atomic E-state index is 0.148. The van der Waals surface area contributed by atoms with E-state index in [2.05, 4.69) is 10.3 Å². The molecule has 3 rings (SSSR count). The number of benzene rings is 2. The van der Waals surface area contributed by atoms with Gasteiger partial charge in [-0.25, -0.2) is 13.4 Å². The molecule has 152 valence electrons. The number of nitrogens with zero attached hydrogens (tertiary/aromatic N) is 2. The van der Waals surface area contributed by atoms with E-state index in [-0.39, 0.29) is 23.0 Å². The highest BCUT2D eigenvalue weighted by Crippen LogP contribution is 2.22. The number of hydrogen-bond acceptors (Lipinski definition) is 4. The Labute approximate surface area is 175 Å². The molecule has 1 amide bonds. The molecule has 1 N–H and O–H groups in total. The van der Waals surface area contributed by atoms with Crippen molar-refractivity contribution in [2.24, 2.45) is 7.05 Å². The average molecular weight is 432 g/mol. The van der Waals surface area contributed by atoms with Crippen LogP contribution in [0.3, 0.4) is 0 Å². The van der Waals surface area contributed by atoms with Crippen molar-refractivity contribution in [1.82, 2.24) is 14.9 Å². The number of hydrogen-bond donors (Lipinski definition) is 1. The van der Waals surface area contributed by atoms with Gasteiger partial charge < -0.3 is 9.88 Å². The van der Waals surface area contributed by atoms with Crippen molar-refractivity contribution in [2.75, 3.05) is 5.75 Å². The number of halogens is 1. The van der Waals surface area contributed by atoms with E-state index in [9.17, 15) is 13.2 Å². The van der Waals surface area contributed by atoms with E-state index in [1.54, 1.807) is 48.8 Å². The second-order valence-corrected chi connectivity index (χ2v) is 9.38. The Bertz CT molecular complexity index is 1090. The van der Waals surface area contributed by atoms with Gasteiger partial charge in [0.2, 0.25) is 5.91 Å². The monoisotopic (exact) mass is 431 g/mol. The third kappa shape index (κ3) is 5.25. The first-order valence-electron chi connectivity index (χ1n) is 9.08. The summed E-state index contributed by atoms with van der Waals surface area (Å²) in [5.74, 6) is 0.00111. The second kappa shape index (κ2) is 8.80. The Morgan fingerprint density at radius 3 is 2.38 bits per heavy atom. The molecule has 1 aromatic heterocycles. The quantitative estimate of drug-likeness (QED) is 0.621. The van der Waals surface area contributed by atoms with Gasteiger partial charge in [-0.2, -0.15) is 0 Å². The molecule has 1 atom stereocenters. The van der Waals surface area contributed by atoms with Crippen LogP contribution in [0.4, 0.5) is 0 Å². The summed E-state index contributed by atoms with van der Waals surface area (Å²) < 4.78 is 26.8. The maximum Gasteiger partial charge on any atom is 0.221 e. The van der Waals surface area contributed by atoms with E-state index in [0.717, 1.165) is 11.1 Å². The number of aromatic nitrogens is 2. The molecule has 0 bridgehead atoms. The zero-order valence-corrected chi connectivity index (χ0v) is 17.7. The Balaban J connectivity index is 1.74. The molecular weight excluding hydrogens is 410 g/mol. The fourth-order valence-electron chi connectivity index (χ4n) is 2.93. The predicted octanol–water partition coefficient (Wildman–Crippen LogP) is 3.45. The highest BCUT2D eigenvalue weighted by Gasteiger charge is 2.22. The molecule has 0 aliphatic carbocycles. The van der Waals surface area contributed by atoms with Crippen LogP contribution in [0.1, 0.15) is 29.4 Å². The van der Waals surface area contributed by atoms with Crippen molar-refractivity contribution in [3.63, 3.8) is 0 Å². The van der Waals surface area contributed by atoms with Crippen LogP contribution in [-0.4, -0.2) is 29.6 Å². The molecule has 2 aromatic carbocycles. The minimum Gasteiger partial charge on any atom is -0.342 e. The van der Waals surface area contributed by atoms with E-state index in [0.29, 0.717) is 10.8 Å². The zero-order valence-electron chi connectivity index (χ0n) is 16.2. The van der Waals surface area contributed by atoms with Crippen LogP contribution < -0.4 is 5.32 Å². The van der Waals surface area contributed by atoms with Crippen LogP contribution in [0.15, 0.2) is 65.8 Å². The average Bonchev–Trinajstić information content (AvgIpc) is 3.11. The summed E-state index contributed by atoms with van der Waals surface area (Å²) in [5, 5.41) is 3.49. The fourth-order valence-corrected chi connectivity index (χ4v) is 4.30. The van der Waals surface area contributed by atoms with Crippen LogP contribution >= 0.6 is 11.6 Å². The van der Waals surface area contributed by atoms with Gasteiger partial charge in [-0.1, -0.05) is 41.4 Å². The highest BCUT2D eigenvalue weighted by molar-refractivity contribution is 7.91. The molecule has 0 radical (unpaired) electrons. The molecule has 1 heterocycles. The van der Waals surface area contributed by atoms with Crippen molar-refractivity contribution in [3.8, 4) is 0 Å². The molecular formula is C21H22ClN3O3S. The first-order valence-corrected chi connectivity index (χ1v) is 11.1. The van der Waals surface area contributed by atoms with Crippen molar-refractivity contribution < 1.29 is 13.2 Å². The summed E-state index contributed by atoms with van der Waals surface area (Å²) in [6.07, 6.45) is 3.28. The molecule has 6 nitrogen and oxygen atoms in total. The second-order valence-electron chi connectivity index (χ2n) is 6.83. The molecule has 3 aromatic rings. The summed E-state index contributed by atoms with van der Waals surface area (Å²) >= 11 is 5.97. The van der Waals surface area contributed by atoms with Crippen molar-refractivity contribution in [3.05, 3.63) is 82.9 Å². The van der Waals surface area contributed by atoms with Crippen LogP contribution in [0, 0.1) is 6.92 Å². The first kappa shape index (κ1) is 21.1. The van der Waals surface area contributed by atoms with Gasteiger partial charge in [-0.05, 0) is 36.8 Å². The molecule has 0 spiro atoms. The molecule has 0 saturated heterocycles. The number of carbonyl (C=O) groups excluding carboxylic acids is 1. The van der Waals surface area contributed by atoms with Gasteiger partial charge in [0.05, 0.1) is 10.6 Å². The number of carbonyl (C=O) groups is 1. The fraction of sp³-hybridized carbons (Fsp3) is 0.238. The van der Waals surface area contributed by atoms with Crippen molar-refractivity contribution >= 4 is 27.3 Å². The third-order valence-electron chi connectivity index (χ3n) is 4.60.